The van der Waals surface area contributed by atoms with Gasteiger partial charge in [-0.3, -0.25) is 4.68 Å². The minimum atomic E-state index is -0.247. The van der Waals surface area contributed by atoms with E-state index in [0.717, 1.165) is 24.5 Å². The van der Waals surface area contributed by atoms with Crippen molar-refractivity contribution in [3.05, 3.63) is 36.2 Å². The van der Waals surface area contributed by atoms with Gasteiger partial charge in [-0.25, -0.2) is 4.98 Å². The number of rotatable bonds is 4. The number of aryl methyl sites for hydroxylation is 2. The molecule has 0 aliphatic carbocycles. The van der Waals surface area contributed by atoms with Gasteiger partial charge in [0.25, 0.3) is 0 Å². The van der Waals surface area contributed by atoms with E-state index in [1.54, 1.807) is 10.9 Å². The number of nitrogens with zero attached hydrogens (tertiary/aromatic N) is 4. The van der Waals surface area contributed by atoms with Gasteiger partial charge in [0, 0.05) is 32.2 Å². The standard InChI is InChI=1S/C11H17N5/c1-3-6-16-8-5-13-11(16)10(12)9-4-7-15(2)14-9/h4-5,7-8,10H,3,6,12H2,1-2H3. The molecule has 5 heteroatoms. The summed E-state index contributed by atoms with van der Waals surface area (Å²) in [6.45, 7) is 3.08. The van der Waals surface area contributed by atoms with Gasteiger partial charge in [-0.1, -0.05) is 6.92 Å². The van der Waals surface area contributed by atoms with Crippen LogP contribution in [0.15, 0.2) is 24.7 Å². The molecule has 2 aromatic rings. The van der Waals surface area contributed by atoms with Gasteiger partial charge in [0.15, 0.2) is 0 Å². The SMILES string of the molecule is CCCn1ccnc1C(N)c1ccn(C)n1. The van der Waals surface area contributed by atoms with Crippen molar-refractivity contribution in [1.82, 2.24) is 19.3 Å². The van der Waals surface area contributed by atoms with E-state index in [4.69, 9.17) is 5.73 Å². The molecule has 0 radical (unpaired) electrons. The van der Waals surface area contributed by atoms with E-state index in [1.807, 2.05) is 25.5 Å². The minimum Gasteiger partial charge on any atom is -0.333 e. The van der Waals surface area contributed by atoms with Crippen LogP contribution in [0.1, 0.15) is 30.9 Å². The van der Waals surface area contributed by atoms with Gasteiger partial charge < -0.3 is 10.3 Å². The lowest BCUT2D eigenvalue weighted by molar-refractivity contribution is 0.600. The third-order valence-corrected chi connectivity index (χ3v) is 2.54. The molecule has 0 spiro atoms. The van der Waals surface area contributed by atoms with E-state index in [1.165, 1.54) is 0 Å². The van der Waals surface area contributed by atoms with Crippen molar-refractivity contribution in [3.8, 4) is 0 Å². The Kier molecular flexibility index (Phi) is 3.05. The van der Waals surface area contributed by atoms with Gasteiger partial charge >= 0.3 is 0 Å². The zero-order chi connectivity index (χ0) is 11.5. The second-order valence-electron chi connectivity index (χ2n) is 3.87. The van der Waals surface area contributed by atoms with E-state index in [2.05, 4.69) is 21.6 Å². The molecule has 1 atom stereocenters. The van der Waals surface area contributed by atoms with Crippen LogP contribution in [0.25, 0.3) is 0 Å². The molecule has 0 aromatic carbocycles. The van der Waals surface area contributed by atoms with Gasteiger partial charge in [-0.05, 0) is 12.5 Å². The average molecular weight is 219 g/mol. The number of nitrogens with two attached hydrogens (primary N) is 1. The zero-order valence-corrected chi connectivity index (χ0v) is 9.67. The van der Waals surface area contributed by atoms with Crippen LogP contribution in [0.3, 0.4) is 0 Å². The number of hydrogen-bond donors (Lipinski definition) is 1. The molecule has 2 N–H and O–H groups in total. The smallest absolute Gasteiger partial charge is 0.131 e. The summed E-state index contributed by atoms with van der Waals surface area (Å²) in [5.41, 5.74) is 7.00. The van der Waals surface area contributed by atoms with Crippen LogP contribution in [0.4, 0.5) is 0 Å². The molecule has 2 rings (SSSR count). The number of imidazole rings is 1. The molecular formula is C11H17N5. The molecule has 0 aliphatic heterocycles. The Morgan fingerprint density at radius 2 is 2.25 bits per heavy atom. The first-order chi connectivity index (χ1) is 7.72. The number of aromatic nitrogens is 4. The Balaban J connectivity index is 2.26. The maximum absolute atomic E-state index is 6.15. The van der Waals surface area contributed by atoms with E-state index in [0.29, 0.717) is 0 Å². The zero-order valence-electron chi connectivity index (χ0n) is 9.67. The average Bonchev–Trinajstić information content (AvgIpc) is 2.87. The normalized spacial score (nSPS) is 12.9. The van der Waals surface area contributed by atoms with Crippen molar-refractivity contribution in [2.75, 3.05) is 0 Å². The summed E-state index contributed by atoms with van der Waals surface area (Å²) in [6, 6.07) is 1.68. The van der Waals surface area contributed by atoms with E-state index in [-0.39, 0.29) is 6.04 Å². The first-order valence-corrected chi connectivity index (χ1v) is 5.48. The lowest BCUT2D eigenvalue weighted by Gasteiger charge is -2.11. The molecule has 2 heterocycles. The van der Waals surface area contributed by atoms with Crippen molar-refractivity contribution in [2.24, 2.45) is 12.8 Å². The lowest BCUT2D eigenvalue weighted by Crippen LogP contribution is -2.18. The Morgan fingerprint density at radius 1 is 1.44 bits per heavy atom. The van der Waals surface area contributed by atoms with Gasteiger partial charge in [-0.15, -0.1) is 0 Å². The summed E-state index contributed by atoms with van der Waals surface area (Å²) in [6.07, 6.45) is 6.70. The maximum Gasteiger partial charge on any atom is 0.131 e. The summed E-state index contributed by atoms with van der Waals surface area (Å²) in [5, 5.41) is 4.31. The second-order valence-corrected chi connectivity index (χ2v) is 3.87. The van der Waals surface area contributed by atoms with E-state index < -0.39 is 0 Å². The Bertz CT molecular complexity index is 456. The first-order valence-electron chi connectivity index (χ1n) is 5.48. The third-order valence-electron chi connectivity index (χ3n) is 2.54. The molecular weight excluding hydrogens is 202 g/mol. The largest absolute Gasteiger partial charge is 0.333 e. The topological polar surface area (TPSA) is 61.7 Å². The summed E-state index contributed by atoms with van der Waals surface area (Å²) in [4.78, 5) is 4.31. The highest BCUT2D eigenvalue weighted by Gasteiger charge is 2.16. The molecule has 86 valence electrons. The molecule has 0 saturated heterocycles. The highest BCUT2D eigenvalue weighted by molar-refractivity contribution is 5.15. The predicted molar refractivity (Wildman–Crippen MR) is 61.8 cm³/mol. The van der Waals surface area contributed by atoms with Crippen LogP contribution >= 0.6 is 0 Å². The summed E-state index contributed by atoms with van der Waals surface area (Å²) < 4.78 is 3.83. The van der Waals surface area contributed by atoms with Crippen LogP contribution in [0.5, 0.6) is 0 Å². The van der Waals surface area contributed by atoms with Crippen molar-refractivity contribution in [3.63, 3.8) is 0 Å². The van der Waals surface area contributed by atoms with Crippen LogP contribution in [-0.4, -0.2) is 19.3 Å². The molecule has 0 aliphatic rings. The van der Waals surface area contributed by atoms with E-state index >= 15 is 0 Å². The second kappa shape index (κ2) is 4.49. The third kappa shape index (κ3) is 1.99. The fraction of sp³-hybridized carbons (Fsp3) is 0.455. The van der Waals surface area contributed by atoms with Crippen molar-refractivity contribution in [1.29, 1.82) is 0 Å². The monoisotopic (exact) mass is 219 g/mol. The van der Waals surface area contributed by atoms with Crippen LogP contribution < -0.4 is 5.73 Å². The molecule has 2 aromatic heterocycles. The molecule has 1 unspecified atom stereocenters. The van der Waals surface area contributed by atoms with E-state index in [9.17, 15) is 0 Å². The summed E-state index contributed by atoms with van der Waals surface area (Å²) in [5.74, 6) is 0.876. The summed E-state index contributed by atoms with van der Waals surface area (Å²) in [7, 11) is 1.88. The number of hydrogen-bond acceptors (Lipinski definition) is 3. The predicted octanol–water partition coefficient (Wildman–Crippen LogP) is 1.07. The van der Waals surface area contributed by atoms with Gasteiger partial charge in [-0.2, -0.15) is 5.10 Å². The highest BCUT2D eigenvalue weighted by Crippen LogP contribution is 2.16. The Labute approximate surface area is 94.9 Å². The van der Waals surface area contributed by atoms with Crippen LogP contribution in [0.2, 0.25) is 0 Å². The molecule has 0 fully saturated rings. The fourth-order valence-corrected chi connectivity index (χ4v) is 1.76. The molecule has 16 heavy (non-hydrogen) atoms. The van der Waals surface area contributed by atoms with Gasteiger partial charge in [0.2, 0.25) is 0 Å². The molecule has 5 nitrogen and oxygen atoms in total. The lowest BCUT2D eigenvalue weighted by atomic mass is 10.2. The fourth-order valence-electron chi connectivity index (χ4n) is 1.76. The quantitative estimate of drug-likeness (QED) is 0.836. The minimum absolute atomic E-state index is 0.247. The Hall–Kier alpha value is -1.62. The first kappa shape index (κ1) is 10.9. The summed E-state index contributed by atoms with van der Waals surface area (Å²) >= 11 is 0. The molecule has 0 saturated carbocycles. The van der Waals surface area contributed by atoms with Crippen molar-refractivity contribution < 1.29 is 0 Å². The van der Waals surface area contributed by atoms with Crippen molar-refractivity contribution in [2.45, 2.75) is 25.9 Å². The molecule has 0 amide bonds. The van der Waals surface area contributed by atoms with Gasteiger partial charge in [0.05, 0.1) is 5.69 Å². The van der Waals surface area contributed by atoms with Crippen LogP contribution in [-0.2, 0) is 13.6 Å². The molecule has 0 bridgehead atoms. The highest BCUT2D eigenvalue weighted by atomic mass is 15.3. The maximum atomic E-state index is 6.15. The van der Waals surface area contributed by atoms with Crippen molar-refractivity contribution >= 4 is 0 Å². The van der Waals surface area contributed by atoms with Gasteiger partial charge in [0.1, 0.15) is 11.9 Å². The van der Waals surface area contributed by atoms with Crippen LogP contribution in [0, 0.1) is 0 Å². The Morgan fingerprint density at radius 3 is 2.88 bits per heavy atom.